The molecular weight excluding hydrogens is 290 g/mol. The van der Waals surface area contributed by atoms with Crippen molar-refractivity contribution >= 4 is 23.4 Å². The molecule has 0 aromatic heterocycles. The molecule has 0 aliphatic carbocycles. The van der Waals surface area contributed by atoms with Crippen molar-refractivity contribution in [2.45, 2.75) is 37.5 Å². The number of benzene rings is 2. The minimum absolute atomic E-state index is 0.0165. The van der Waals surface area contributed by atoms with Gasteiger partial charge in [0.2, 0.25) is 5.91 Å². The van der Waals surface area contributed by atoms with Gasteiger partial charge in [0.25, 0.3) is 0 Å². The van der Waals surface area contributed by atoms with Crippen molar-refractivity contribution < 1.29 is 4.79 Å². The van der Waals surface area contributed by atoms with Crippen molar-refractivity contribution in [1.29, 1.82) is 0 Å². The first-order chi connectivity index (χ1) is 10.5. The third-order valence-corrected chi connectivity index (χ3v) is 4.36. The van der Waals surface area contributed by atoms with E-state index in [4.69, 9.17) is 0 Å². The van der Waals surface area contributed by atoms with Gasteiger partial charge >= 0.3 is 0 Å². The molecule has 0 heterocycles. The highest BCUT2D eigenvalue weighted by molar-refractivity contribution is 7.99. The average Bonchev–Trinajstić information content (AvgIpc) is 2.48. The van der Waals surface area contributed by atoms with Crippen LogP contribution in [0.15, 0.2) is 59.5 Å². The first-order valence-electron chi connectivity index (χ1n) is 7.54. The molecule has 0 unspecified atom stereocenters. The molecule has 0 aliphatic heterocycles. The van der Waals surface area contributed by atoms with Crippen LogP contribution in [0.4, 0.5) is 5.69 Å². The summed E-state index contributed by atoms with van der Waals surface area (Å²) < 4.78 is 0. The summed E-state index contributed by atoms with van der Waals surface area (Å²) in [6.45, 7) is 6.47. The molecule has 0 bridgehead atoms. The molecule has 0 aliphatic rings. The normalized spacial score (nSPS) is 11.2. The third-order valence-electron chi connectivity index (χ3n) is 3.35. The fourth-order valence-corrected chi connectivity index (χ4v) is 3.11. The summed E-state index contributed by atoms with van der Waals surface area (Å²) in [5.74, 6) is 0.855. The van der Waals surface area contributed by atoms with Gasteiger partial charge in [0.1, 0.15) is 0 Å². The highest BCUT2D eigenvalue weighted by atomic mass is 32.2. The van der Waals surface area contributed by atoms with Gasteiger partial charge in [-0.05, 0) is 29.2 Å². The molecule has 2 aromatic rings. The molecule has 2 aromatic carbocycles. The Morgan fingerprint density at radius 2 is 1.64 bits per heavy atom. The monoisotopic (exact) mass is 313 g/mol. The molecule has 0 radical (unpaired) electrons. The average molecular weight is 313 g/mol. The topological polar surface area (TPSA) is 29.1 Å². The van der Waals surface area contributed by atoms with Gasteiger partial charge in [0.05, 0.1) is 0 Å². The van der Waals surface area contributed by atoms with E-state index in [1.807, 2.05) is 36.4 Å². The second-order valence-corrected chi connectivity index (χ2v) is 7.42. The van der Waals surface area contributed by atoms with Crippen molar-refractivity contribution in [2.24, 2.45) is 0 Å². The number of rotatable bonds is 5. The first kappa shape index (κ1) is 16.6. The van der Waals surface area contributed by atoms with E-state index in [0.717, 1.165) is 11.4 Å². The predicted molar refractivity (Wildman–Crippen MR) is 95.6 cm³/mol. The van der Waals surface area contributed by atoms with Gasteiger partial charge < -0.3 is 5.32 Å². The maximum absolute atomic E-state index is 12.2. The van der Waals surface area contributed by atoms with Crippen LogP contribution in [0.2, 0.25) is 0 Å². The number of para-hydroxylation sites is 1. The van der Waals surface area contributed by atoms with Crippen molar-refractivity contribution in [3.63, 3.8) is 0 Å². The van der Waals surface area contributed by atoms with Crippen molar-refractivity contribution in [2.75, 3.05) is 11.1 Å². The lowest BCUT2D eigenvalue weighted by Gasteiger charge is -2.23. The smallest absolute Gasteiger partial charge is 0.225 e. The maximum atomic E-state index is 12.2. The van der Waals surface area contributed by atoms with Crippen molar-refractivity contribution in [1.82, 2.24) is 0 Å². The fraction of sp³-hybridized carbons (Fsp3) is 0.316. The lowest BCUT2D eigenvalue weighted by Crippen LogP contribution is -2.18. The third kappa shape index (κ3) is 4.92. The standard InChI is InChI=1S/C19H23NOS/c1-19(2,3)16-11-7-8-12-17(16)20-18(21)13-14-22-15-9-5-4-6-10-15/h4-12H,13-14H2,1-3H3,(H,20,21). The molecular formula is C19H23NOS. The molecule has 0 fully saturated rings. The van der Waals surface area contributed by atoms with E-state index >= 15 is 0 Å². The van der Waals surface area contributed by atoms with Crippen LogP contribution in [0.1, 0.15) is 32.8 Å². The highest BCUT2D eigenvalue weighted by Gasteiger charge is 2.18. The molecule has 0 saturated heterocycles. The van der Waals surface area contributed by atoms with Crippen LogP contribution in [-0.4, -0.2) is 11.7 Å². The summed E-state index contributed by atoms with van der Waals surface area (Å²) in [7, 11) is 0. The van der Waals surface area contributed by atoms with Crippen molar-refractivity contribution in [3.8, 4) is 0 Å². The molecule has 2 nitrogen and oxygen atoms in total. The fourth-order valence-electron chi connectivity index (χ4n) is 2.24. The van der Waals surface area contributed by atoms with E-state index in [9.17, 15) is 4.79 Å². The van der Waals surface area contributed by atoms with Crippen molar-refractivity contribution in [3.05, 3.63) is 60.2 Å². The second-order valence-electron chi connectivity index (χ2n) is 6.26. The van der Waals surface area contributed by atoms with E-state index in [-0.39, 0.29) is 11.3 Å². The second kappa shape index (κ2) is 7.50. The summed E-state index contributed by atoms with van der Waals surface area (Å²) in [6.07, 6.45) is 0.512. The molecule has 22 heavy (non-hydrogen) atoms. The number of hydrogen-bond donors (Lipinski definition) is 1. The van der Waals surface area contributed by atoms with Gasteiger partial charge in [-0.15, -0.1) is 11.8 Å². The molecule has 0 spiro atoms. The summed E-state index contributed by atoms with van der Waals surface area (Å²) >= 11 is 1.71. The van der Waals surface area contributed by atoms with Gasteiger partial charge in [-0.1, -0.05) is 57.2 Å². The number of hydrogen-bond acceptors (Lipinski definition) is 2. The van der Waals surface area contributed by atoms with Crippen LogP contribution in [0.25, 0.3) is 0 Å². The van der Waals surface area contributed by atoms with E-state index in [1.165, 1.54) is 10.5 Å². The Kier molecular flexibility index (Phi) is 5.67. The number of amides is 1. The highest BCUT2D eigenvalue weighted by Crippen LogP contribution is 2.29. The van der Waals surface area contributed by atoms with Crippen LogP contribution >= 0.6 is 11.8 Å². The Bertz CT molecular complexity index is 617. The first-order valence-corrected chi connectivity index (χ1v) is 8.52. The lowest BCUT2D eigenvalue weighted by atomic mass is 9.86. The van der Waals surface area contributed by atoms with E-state index in [0.29, 0.717) is 6.42 Å². The molecule has 1 amide bonds. The minimum Gasteiger partial charge on any atom is -0.326 e. The van der Waals surface area contributed by atoms with E-state index in [2.05, 4.69) is 44.3 Å². The molecule has 0 saturated carbocycles. The summed E-state index contributed by atoms with van der Waals surface area (Å²) in [4.78, 5) is 13.4. The summed E-state index contributed by atoms with van der Waals surface area (Å²) in [5.41, 5.74) is 2.10. The van der Waals surface area contributed by atoms with Gasteiger partial charge in [-0.25, -0.2) is 0 Å². The zero-order chi connectivity index (χ0) is 16.0. The van der Waals surface area contributed by atoms with Gasteiger partial charge in [-0.3, -0.25) is 4.79 Å². The predicted octanol–water partition coefficient (Wildman–Crippen LogP) is 5.11. The van der Waals surface area contributed by atoms with Crippen LogP contribution < -0.4 is 5.32 Å². The largest absolute Gasteiger partial charge is 0.326 e. The summed E-state index contributed by atoms with van der Waals surface area (Å²) in [5, 5.41) is 3.05. The van der Waals surface area contributed by atoms with Crippen LogP contribution in [0.3, 0.4) is 0 Å². The Labute approximate surface area is 137 Å². The molecule has 0 atom stereocenters. The van der Waals surface area contributed by atoms with Crippen LogP contribution in [-0.2, 0) is 10.2 Å². The Hall–Kier alpha value is -1.74. The molecule has 1 N–H and O–H groups in total. The Morgan fingerprint density at radius 3 is 2.32 bits per heavy atom. The van der Waals surface area contributed by atoms with E-state index < -0.39 is 0 Å². The number of thioether (sulfide) groups is 1. The number of carbonyl (C=O) groups is 1. The van der Waals surface area contributed by atoms with Gasteiger partial charge in [0, 0.05) is 22.8 Å². The van der Waals surface area contributed by atoms with Crippen LogP contribution in [0.5, 0.6) is 0 Å². The number of carbonyl (C=O) groups excluding carboxylic acids is 1. The number of nitrogens with one attached hydrogen (secondary N) is 1. The van der Waals surface area contributed by atoms with Crippen LogP contribution in [0, 0.1) is 0 Å². The van der Waals surface area contributed by atoms with Gasteiger partial charge in [-0.2, -0.15) is 0 Å². The Morgan fingerprint density at radius 1 is 1.00 bits per heavy atom. The number of anilines is 1. The maximum Gasteiger partial charge on any atom is 0.225 e. The lowest BCUT2D eigenvalue weighted by molar-refractivity contribution is -0.115. The molecule has 3 heteroatoms. The SMILES string of the molecule is CC(C)(C)c1ccccc1NC(=O)CCSc1ccccc1. The Balaban J connectivity index is 1.90. The minimum atomic E-state index is 0.0165. The van der Waals surface area contributed by atoms with E-state index in [1.54, 1.807) is 11.8 Å². The van der Waals surface area contributed by atoms with Gasteiger partial charge in [0.15, 0.2) is 0 Å². The molecule has 2 rings (SSSR count). The summed E-state index contributed by atoms with van der Waals surface area (Å²) in [6, 6.07) is 18.2. The zero-order valence-corrected chi connectivity index (χ0v) is 14.2. The molecule has 116 valence electrons. The zero-order valence-electron chi connectivity index (χ0n) is 13.4. The quantitative estimate of drug-likeness (QED) is 0.778.